The number of nitrogens with zero attached hydrogens (tertiary/aromatic N) is 1. The third-order valence-electron chi connectivity index (χ3n) is 2.94. The highest BCUT2D eigenvalue weighted by molar-refractivity contribution is 4.85. The van der Waals surface area contributed by atoms with Gasteiger partial charge in [0.1, 0.15) is 5.82 Å². The Kier molecular flexibility index (Phi) is 6.90. The van der Waals surface area contributed by atoms with Crippen molar-refractivity contribution < 1.29 is 0 Å². The molecule has 92 valence electrons. The van der Waals surface area contributed by atoms with Gasteiger partial charge in [0, 0.05) is 12.4 Å². The van der Waals surface area contributed by atoms with Crippen molar-refractivity contribution in [2.24, 2.45) is 5.92 Å². The molecule has 1 rings (SSSR count). The second kappa shape index (κ2) is 8.34. The van der Waals surface area contributed by atoms with Crippen molar-refractivity contribution in [1.29, 1.82) is 0 Å². The highest BCUT2D eigenvalue weighted by atomic mass is 15.0. The lowest BCUT2D eigenvalue weighted by Gasteiger charge is -2.16. The topological polar surface area (TPSA) is 40.7 Å². The Balaban J connectivity index is 2.15. The Morgan fingerprint density at radius 2 is 2.19 bits per heavy atom. The summed E-state index contributed by atoms with van der Waals surface area (Å²) < 4.78 is 0. The Morgan fingerprint density at radius 3 is 2.81 bits per heavy atom. The molecule has 0 bridgehead atoms. The van der Waals surface area contributed by atoms with Gasteiger partial charge in [0.15, 0.2) is 0 Å². The molecule has 0 radical (unpaired) electrons. The molecule has 0 spiro atoms. The van der Waals surface area contributed by atoms with Gasteiger partial charge in [-0.1, -0.05) is 33.1 Å². The van der Waals surface area contributed by atoms with E-state index in [1.54, 1.807) is 6.20 Å². The number of aromatic nitrogens is 2. The number of aromatic amines is 1. The van der Waals surface area contributed by atoms with Crippen LogP contribution in [-0.4, -0.2) is 16.5 Å². The normalized spacial score (nSPS) is 12.9. The first-order chi connectivity index (χ1) is 7.86. The molecule has 2 N–H and O–H groups in total. The fraction of sp³-hybridized carbons (Fsp3) is 0.769. The Bertz CT molecular complexity index is 244. The van der Waals surface area contributed by atoms with E-state index in [9.17, 15) is 0 Å². The van der Waals surface area contributed by atoms with Crippen LogP contribution < -0.4 is 5.32 Å². The standard InChI is InChI=1S/C13H25N3/c1-3-5-7-12(6-4-2)10-14-11-13-15-8-9-16-13/h8-9,12,14H,3-7,10-11H2,1-2H3,(H,15,16). The zero-order valence-electron chi connectivity index (χ0n) is 10.6. The van der Waals surface area contributed by atoms with Crippen LogP contribution in [0.1, 0.15) is 51.8 Å². The number of rotatable bonds is 9. The predicted octanol–water partition coefficient (Wildman–Crippen LogP) is 3.11. The molecule has 1 aromatic rings. The lowest BCUT2D eigenvalue weighted by Crippen LogP contribution is -2.23. The van der Waals surface area contributed by atoms with Gasteiger partial charge in [0.25, 0.3) is 0 Å². The molecule has 3 heteroatoms. The minimum absolute atomic E-state index is 0.833. The summed E-state index contributed by atoms with van der Waals surface area (Å²) in [5, 5.41) is 3.49. The zero-order valence-corrected chi connectivity index (χ0v) is 10.6. The summed E-state index contributed by atoms with van der Waals surface area (Å²) in [7, 11) is 0. The molecule has 0 aromatic carbocycles. The van der Waals surface area contributed by atoms with Crippen LogP contribution in [0.5, 0.6) is 0 Å². The lowest BCUT2D eigenvalue weighted by molar-refractivity contribution is 0.399. The third kappa shape index (κ3) is 5.31. The highest BCUT2D eigenvalue weighted by Gasteiger charge is 2.06. The molecule has 0 aliphatic heterocycles. The first kappa shape index (κ1) is 13.2. The molecule has 0 aliphatic rings. The van der Waals surface area contributed by atoms with E-state index in [-0.39, 0.29) is 0 Å². The van der Waals surface area contributed by atoms with E-state index < -0.39 is 0 Å². The van der Waals surface area contributed by atoms with Crippen LogP contribution in [-0.2, 0) is 6.54 Å². The van der Waals surface area contributed by atoms with Gasteiger partial charge in [-0.25, -0.2) is 4.98 Å². The number of nitrogens with one attached hydrogen (secondary N) is 2. The van der Waals surface area contributed by atoms with Crippen LogP contribution in [0.25, 0.3) is 0 Å². The minimum atomic E-state index is 0.833. The summed E-state index contributed by atoms with van der Waals surface area (Å²) >= 11 is 0. The summed E-state index contributed by atoms with van der Waals surface area (Å²) in [6, 6.07) is 0. The number of hydrogen-bond donors (Lipinski definition) is 2. The van der Waals surface area contributed by atoms with Gasteiger partial charge in [-0.3, -0.25) is 0 Å². The minimum Gasteiger partial charge on any atom is -0.348 e. The Morgan fingerprint density at radius 1 is 1.31 bits per heavy atom. The second-order valence-corrected chi connectivity index (χ2v) is 4.46. The summed E-state index contributed by atoms with van der Waals surface area (Å²) in [5.74, 6) is 1.87. The quantitative estimate of drug-likeness (QED) is 0.675. The van der Waals surface area contributed by atoms with Crippen LogP contribution >= 0.6 is 0 Å². The largest absolute Gasteiger partial charge is 0.348 e. The van der Waals surface area contributed by atoms with E-state index in [4.69, 9.17) is 0 Å². The van der Waals surface area contributed by atoms with Crippen molar-refractivity contribution in [1.82, 2.24) is 15.3 Å². The lowest BCUT2D eigenvalue weighted by atomic mass is 9.97. The van der Waals surface area contributed by atoms with Crippen LogP contribution in [0.15, 0.2) is 12.4 Å². The van der Waals surface area contributed by atoms with Gasteiger partial charge in [-0.05, 0) is 25.3 Å². The average Bonchev–Trinajstić information content (AvgIpc) is 2.79. The maximum Gasteiger partial charge on any atom is 0.120 e. The SMILES string of the molecule is CCCCC(CCC)CNCc1ncc[nH]1. The van der Waals surface area contributed by atoms with E-state index in [2.05, 4.69) is 29.1 Å². The Labute approximate surface area is 99.1 Å². The smallest absolute Gasteiger partial charge is 0.120 e. The molecule has 0 aliphatic carbocycles. The zero-order chi connectivity index (χ0) is 11.6. The first-order valence-electron chi connectivity index (χ1n) is 6.55. The summed E-state index contributed by atoms with van der Waals surface area (Å²) in [6.45, 7) is 6.51. The first-order valence-corrected chi connectivity index (χ1v) is 6.55. The van der Waals surface area contributed by atoms with Gasteiger partial charge in [-0.2, -0.15) is 0 Å². The van der Waals surface area contributed by atoms with E-state index in [0.717, 1.165) is 24.8 Å². The van der Waals surface area contributed by atoms with Crippen LogP contribution in [0.3, 0.4) is 0 Å². The Hall–Kier alpha value is -0.830. The van der Waals surface area contributed by atoms with Crippen molar-refractivity contribution in [3.05, 3.63) is 18.2 Å². The van der Waals surface area contributed by atoms with Crippen molar-refractivity contribution in [3.8, 4) is 0 Å². The van der Waals surface area contributed by atoms with E-state index in [1.807, 2.05) is 6.20 Å². The molecule has 0 saturated heterocycles. The number of imidazole rings is 1. The van der Waals surface area contributed by atoms with Crippen LogP contribution in [0.4, 0.5) is 0 Å². The highest BCUT2D eigenvalue weighted by Crippen LogP contribution is 2.13. The third-order valence-corrected chi connectivity index (χ3v) is 2.94. The molecule has 1 aromatic heterocycles. The molecular formula is C13H25N3. The van der Waals surface area contributed by atoms with Gasteiger partial charge >= 0.3 is 0 Å². The number of H-pyrrole nitrogens is 1. The van der Waals surface area contributed by atoms with Crippen molar-refractivity contribution in [3.63, 3.8) is 0 Å². The van der Waals surface area contributed by atoms with Crippen molar-refractivity contribution in [2.45, 2.75) is 52.5 Å². The summed E-state index contributed by atoms with van der Waals surface area (Å²) in [5.41, 5.74) is 0. The molecule has 0 fully saturated rings. The number of hydrogen-bond acceptors (Lipinski definition) is 2. The summed E-state index contributed by atoms with van der Waals surface area (Å²) in [6.07, 6.45) is 10.3. The van der Waals surface area contributed by atoms with Gasteiger partial charge in [0.2, 0.25) is 0 Å². The van der Waals surface area contributed by atoms with E-state index in [0.29, 0.717) is 0 Å². The monoisotopic (exact) mass is 223 g/mol. The molecule has 1 atom stereocenters. The molecule has 1 heterocycles. The summed E-state index contributed by atoms with van der Waals surface area (Å²) in [4.78, 5) is 7.32. The maximum absolute atomic E-state index is 4.20. The van der Waals surface area contributed by atoms with E-state index in [1.165, 1.54) is 32.1 Å². The maximum atomic E-state index is 4.20. The molecule has 0 amide bonds. The fourth-order valence-corrected chi connectivity index (χ4v) is 2.04. The molecule has 16 heavy (non-hydrogen) atoms. The second-order valence-electron chi connectivity index (χ2n) is 4.46. The molecular weight excluding hydrogens is 198 g/mol. The fourth-order valence-electron chi connectivity index (χ4n) is 2.04. The molecule has 3 nitrogen and oxygen atoms in total. The number of unbranched alkanes of at least 4 members (excludes halogenated alkanes) is 1. The predicted molar refractivity (Wildman–Crippen MR) is 68.2 cm³/mol. The molecule has 0 saturated carbocycles. The van der Waals surface area contributed by atoms with Gasteiger partial charge < -0.3 is 10.3 Å². The average molecular weight is 223 g/mol. The molecule has 1 unspecified atom stereocenters. The van der Waals surface area contributed by atoms with Crippen molar-refractivity contribution in [2.75, 3.05) is 6.54 Å². The van der Waals surface area contributed by atoms with Gasteiger partial charge in [0.05, 0.1) is 6.54 Å². The van der Waals surface area contributed by atoms with Gasteiger partial charge in [-0.15, -0.1) is 0 Å². The van der Waals surface area contributed by atoms with Crippen molar-refractivity contribution >= 4 is 0 Å². The van der Waals surface area contributed by atoms with E-state index >= 15 is 0 Å². The van der Waals surface area contributed by atoms with Crippen LogP contribution in [0.2, 0.25) is 0 Å². The van der Waals surface area contributed by atoms with Crippen LogP contribution in [0, 0.1) is 5.92 Å².